The van der Waals surface area contributed by atoms with Crippen LogP contribution in [0.2, 0.25) is 0 Å². The van der Waals surface area contributed by atoms with Crippen LogP contribution < -0.4 is 5.73 Å². The molecule has 0 bridgehead atoms. The molecular formula is C10H11F2NS. The summed E-state index contributed by atoms with van der Waals surface area (Å²) in [6.45, 7) is 0. The zero-order chi connectivity index (χ0) is 10.1. The third-order valence-electron chi connectivity index (χ3n) is 2.38. The average Bonchev–Trinajstić information content (AvgIpc) is 2.27. The van der Waals surface area contributed by atoms with Gasteiger partial charge in [-0.3, -0.25) is 0 Å². The number of rotatable bonds is 0. The van der Waals surface area contributed by atoms with Crippen LogP contribution in [0.5, 0.6) is 0 Å². The van der Waals surface area contributed by atoms with E-state index in [4.69, 9.17) is 5.73 Å². The second kappa shape index (κ2) is 3.87. The Bertz CT molecular complexity index is 354. The fourth-order valence-electron chi connectivity index (χ4n) is 1.71. The van der Waals surface area contributed by atoms with Gasteiger partial charge in [-0.05, 0) is 23.8 Å². The van der Waals surface area contributed by atoms with Crippen LogP contribution in [0.25, 0.3) is 0 Å². The number of halogens is 2. The summed E-state index contributed by atoms with van der Waals surface area (Å²) in [5, 5.41) is 0. The summed E-state index contributed by atoms with van der Waals surface area (Å²) >= 11 is 1.67. The highest BCUT2D eigenvalue weighted by atomic mass is 32.2. The van der Waals surface area contributed by atoms with E-state index in [0.29, 0.717) is 16.9 Å². The third kappa shape index (κ3) is 1.77. The number of nitrogens with two attached hydrogens (primary N) is 1. The van der Waals surface area contributed by atoms with Crippen molar-refractivity contribution in [2.75, 3.05) is 5.75 Å². The first kappa shape index (κ1) is 9.93. The van der Waals surface area contributed by atoms with E-state index in [1.54, 1.807) is 11.8 Å². The van der Waals surface area contributed by atoms with Gasteiger partial charge in [0.2, 0.25) is 0 Å². The van der Waals surface area contributed by atoms with Gasteiger partial charge in [0, 0.05) is 23.4 Å². The maximum absolute atomic E-state index is 13.4. The summed E-state index contributed by atoms with van der Waals surface area (Å²) in [5.74, 6) is 0.528. The van der Waals surface area contributed by atoms with Gasteiger partial charge in [-0.1, -0.05) is 0 Å². The summed E-state index contributed by atoms with van der Waals surface area (Å²) in [5.41, 5.74) is 7.02. The molecule has 0 unspecified atom stereocenters. The van der Waals surface area contributed by atoms with E-state index in [9.17, 15) is 8.78 Å². The van der Waals surface area contributed by atoms with Crippen molar-refractivity contribution in [3.8, 4) is 0 Å². The lowest BCUT2D eigenvalue weighted by atomic mass is 9.99. The molecule has 0 aromatic heterocycles. The zero-order valence-electron chi connectivity index (χ0n) is 7.59. The molecule has 0 fully saturated rings. The van der Waals surface area contributed by atoms with Crippen LogP contribution in [0.4, 0.5) is 8.78 Å². The van der Waals surface area contributed by atoms with E-state index in [1.807, 2.05) is 0 Å². The molecule has 0 saturated carbocycles. The lowest BCUT2D eigenvalue weighted by Gasteiger charge is -2.12. The standard InChI is InChI=1S/C10H11F2NS/c11-7-3-6-5-14-2-1-9(13)10(6)8(12)4-7/h3-4,9H,1-2,5,13H2/t9-/m0/s1. The molecule has 1 heterocycles. The summed E-state index contributed by atoms with van der Waals surface area (Å²) in [6.07, 6.45) is 0.750. The number of hydrogen-bond acceptors (Lipinski definition) is 2. The first-order chi connectivity index (χ1) is 6.68. The average molecular weight is 215 g/mol. The van der Waals surface area contributed by atoms with Gasteiger partial charge >= 0.3 is 0 Å². The van der Waals surface area contributed by atoms with E-state index in [0.717, 1.165) is 18.2 Å². The Balaban J connectivity index is 2.53. The fraction of sp³-hybridized carbons (Fsp3) is 0.400. The van der Waals surface area contributed by atoms with Gasteiger partial charge in [0.25, 0.3) is 0 Å². The van der Waals surface area contributed by atoms with Gasteiger partial charge in [-0.2, -0.15) is 11.8 Å². The molecule has 1 aromatic rings. The Morgan fingerprint density at radius 1 is 1.36 bits per heavy atom. The first-order valence-electron chi connectivity index (χ1n) is 4.49. The number of thioether (sulfide) groups is 1. The Labute approximate surface area is 85.7 Å². The van der Waals surface area contributed by atoms with Crippen molar-refractivity contribution < 1.29 is 8.78 Å². The predicted molar refractivity (Wildman–Crippen MR) is 54.1 cm³/mol. The lowest BCUT2D eigenvalue weighted by molar-refractivity contribution is 0.549. The molecule has 1 atom stereocenters. The molecule has 4 heteroatoms. The highest BCUT2D eigenvalue weighted by Gasteiger charge is 2.20. The molecule has 14 heavy (non-hydrogen) atoms. The SMILES string of the molecule is N[C@H]1CCSCc2cc(F)cc(F)c21. The Morgan fingerprint density at radius 2 is 2.14 bits per heavy atom. The fourth-order valence-corrected chi connectivity index (χ4v) is 2.73. The van der Waals surface area contributed by atoms with Crippen molar-refractivity contribution >= 4 is 11.8 Å². The summed E-state index contributed by atoms with van der Waals surface area (Å²) < 4.78 is 26.4. The van der Waals surface area contributed by atoms with Gasteiger partial charge in [0.1, 0.15) is 11.6 Å². The quantitative estimate of drug-likeness (QED) is 0.720. The van der Waals surface area contributed by atoms with Crippen molar-refractivity contribution in [1.82, 2.24) is 0 Å². The minimum Gasteiger partial charge on any atom is -0.324 e. The minimum atomic E-state index is -0.518. The van der Waals surface area contributed by atoms with Gasteiger partial charge in [0.05, 0.1) is 0 Å². The Morgan fingerprint density at radius 3 is 2.93 bits per heavy atom. The molecule has 2 N–H and O–H groups in total. The number of benzene rings is 1. The monoisotopic (exact) mass is 215 g/mol. The molecule has 76 valence electrons. The first-order valence-corrected chi connectivity index (χ1v) is 5.65. The molecule has 1 aliphatic heterocycles. The van der Waals surface area contributed by atoms with Gasteiger partial charge in [-0.25, -0.2) is 8.78 Å². The molecule has 0 spiro atoms. The van der Waals surface area contributed by atoms with Crippen LogP contribution in [-0.4, -0.2) is 5.75 Å². The van der Waals surface area contributed by atoms with Crippen LogP contribution in [0, 0.1) is 11.6 Å². The van der Waals surface area contributed by atoms with Crippen molar-refractivity contribution in [2.45, 2.75) is 18.2 Å². The van der Waals surface area contributed by atoms with Crippen molar-refractivity contribution in [3.05, 3.63) is 34.9 Å². The minimum absolute atomic E-state index is 0.291. The summed E-state index contributed by atoms with van der Waals surface area (Å²) in [7, 11) is 0. The summed E-state index contributed by atoms with van der Waals surface area (Å²) in [4.78, 5) is 0. The molecular weight excluding hydrogens is 204 g/mol. The third-order valence-corrected chi connectivity index (χ3v) is 3.42. The van der Waals surface area contributed by atoms with Gasteiger partial charge in [0.15, 0.2) is 0 Å². The molecule has 2 rings (SSSR count). The Kier molecular flexibility index (Phi) is 2.74. The molecule has 0 amide bonds. The van der Waals surface area contributed by atoms with Crippen LogP contribution >= 0.6 is 11.8 Å². The van der Waals surface area contributed by atoms with E-state index in [1.165, 1.54) is 6.07 Å². The van der Waals surface area contributed by atoms with Crippen LogP contribution in [0.3, 0.4) is 0 Å². The highest BCUT2D eigenvalue weighted by molar-refractivity contribution is 7.98. The van der Waals surface area contributed by atoms with E-state index in [2.05, 4.69) is 0 Å². The van der Waals surface area contributed by atoms with Gasteiger partial charge < -0.3 is 5.73 Å². The topological polar surface area (TPSA) is 26.0 Å². The normalized spacial score (nSPS) is 21.5. The zero-order valence-corrected chi connectivity index (χ0v) is 8.41. The van der Waals surface area contributed by atoms with E-state index < -0.39 is 11.6 Å². The molecule has 1 aromatic carbocycles. The maximum Gasteiger partial charge on any atom is 0.131 e. The molecule has 1 nitrogen and oxygen atoms in total. The van der Waals surface area contributed by atoms with E-state index >= 15 is 0 Å². The molecule has 1 aliphatic rings. The van der Waals surface area contributed by atoms with Gasteiger partial charge in [-0.15, -0.1) is 0 Å². The number of fused-ring (bicyclic) bond motifs is 1. The summed E-state index contributed by atoms with van der Waals surface area (Å²) in [6, 6.07) is 2.01. The Hall–Kier alpha value is -0.610. The lowest BCUT2D eigenvalue weighted by Crippen LogP contribution is -2.13. The number of hydrogen-bond donors (Lipinski definition) is 1. The molecule has 0 aliphatic carbocycles. The van der Waals surface area contributed by atoms with Crippen molar-refractivity contribution in [3.63, 3.8) is 0 Å². The van der Waals surface area contributed by atoms with Crippen LogP contribution in [0.15, 0.2) is 12.1 Å². The van der Waals surface area contributed by atoms with Crippen LogP contribution in [0.1, 0.15) is 23.6 Å². The largest absolute Gasteiger partial charge is 0.324 e. The van der Waals surface area contributed by atoms with Crippen LogP contribution in [-0.2, 0) is 5.75 Å². The molecule has 0 saturated heterocycles. The predicted octanol–water partition coefficient (Wildman–Crippen LogP) is 2.60. The highest BCUT2D eigenvalue weighted by Crippen LogP contribution is 2.31. The second-order valence-corrected chi connectivity index (χ2v) is 4.51. The van der Waals surface area contributed by atoms with Crippen molar-refractivity contribution in [2.24, 2.45) is 5.73 Å². The second-order valence-electron chi connectivity index (χ2n) is 3.41. The maximum atomic E-state index is 13.4. The molecule has 0 radical (unpaired) electrons. The van der Waals surface area contributed by atoms with Crippen molar-refractivity contribution in [1.29, 1.82) is 0 Å². The van der Waals surface area contributed by atoms with E-state index in [-0.39, 0.29) is 6.04 Å². The smallest absolute Gasteiger partial charge is 0.131 e.